The van der Waals surface area contributed by atoms with E-state index in [1.54, 1.807) is 0 Å². The van der Waals surface area contributed by atoms with Crippen LogP contribution in [0.3, 0.4) is 0 Å². The van der Waals surface area contributed by atoms with Gasteiger partial charge in [-0.1, -0.05) is 285 Å². The summed E-state index contributed by atoms with van der Waals surface area (Å²) in [5, 5.41) is 4.53. The lowest BCUT2D eigenvalue weighted by atomic mass is 9.91. The topological polar surface area (TPSA) is 87.2 Å². The van der Waals surface area contributed by atoms with Gasteiger partial charge in [0, 0.05) is 66.1 Å². The maximum atomic E-state index is 5.55. The van der Waals surface area contributed by atoms with Crippen LogP contribution in [0.15, 0.2) is 352 Å². The maximum absolute atomic E-state index is 5.55. The first-order valence-electron chi connectivity index (χ1n) is 36.7. The lowest BCUT2D eigenvalue weighted by Gasteiger charge is -2.21. The standard InChI is InChI=1S/C100H70N8/c1-63-28-17-21-42-77(63)71-50-54-87-83(59-71)84-60-72(78-43-22-18-29-64(78)2)51-55-88(84)107(87)91-48-26-46-81(99-103-95(67-32-9-5-10-33-67)101-96(104-99)68-34-11-6-12-35-68)93(91)75-40-25-41-76(58-75)94-82(100-105-97(69-36-13-7-14-37-69)102-98(106-100)70-38-15-8-16-39-70)47-27-49-92(94)108-89-56-52-73(79-44-23-19-30-65(79)3)61-85(89)86-62-74(53-57-90(86)108)80-45-24-20-31-66(80)4/h5-62H,1-4H3. The van der Waals surface area contributed by atoms with Crippen LogP contribution in [0.4, 0.5) is 0 Å². The van der Waals surface area contributed by atoms with Crippen molar-refractivity contribution in [3.63, 3.8) is 0 Å². The number of rotatable bonds is 14. The molecule has 0 atom stereocenters. The summed E-state index contributed by atoms with van der Waals surface area (Å²) in [5.74, 6) is 3.33. The molecule has 15 aromatic carbocycles. The van der Waals surface area contributed by atoms with Crippen molar-refractivity contribution in [3.05, 3.63) is 374 Å². The molecular formula is C100H70N8. The number of nitrogens with zero attached hydrogens (tertiary/aromatic N) is 8. The van der Waals surface area contributed by atoms with E-state index >= 15 is 0 Å². The van der Waals surface area contributed by atoms with Gasteiger partial charge in [-0.2, -0.15) is 0 Å². The van der Waals surface area contributed by atoms with Crippen LogP contribution in [-0.4, -0.2) is 39.0 Å². The second-order valence-corrected chi connectivity index (χ2v) is 27.9. The minimum atomic E-state index is 0.531. The quantitative estimate of drug-likeness (QED) is 0.108. The minimum Gasteiger partial charge on any atom is -0.309 e. The summed E-state index contributed by atoms with van der Waals surface area (Å²) in [6.45, 7) is 8.78. The number of hydrogen-bond acceptors (Lipinski definition) is 6. The van der Waals surface area contributed by atoms with Crippen LogP contribution in [0.1, 0.15) is 22.3 Å². The predicted molar refractivity (Wildman–Crippen MR) is 446 cm³/mol. The molecule has 0 unspecified atom stereocenters. The van der Waals surface area contributed by atoms with E-state index in [-0.39, 0.29) is 0 Å². The van der Waals surface area contributed by atoms with Crippen LogP contribution < -0.4 is 0 Å². The summed E-state index contributed by atoms with van der Waals surface area (Å²) < 4.78 is 4.93. The third kappa shape index (κ3) is 11.6. The van der Waals surface area contributed by atoms with Crippen LogP contribution in [0.25, 0.3) is 190 Å². The summed E-state index contributed by atoms with van der Waals surface area (Å²) in [5.41, 5.74) is 29.2. The fraction of sp³-hybridized carbons (Fsp3) is 0.0400. The van der Waals surface area contributed by atoms with Gasteiger partial charge >= 0.3 is 0 Å². The zero-order valence-electron chi connectivity index (χ0n) is 60.1. The van der Waals surface area contributed by atoms with Crippen molar-refractivity contribution in [3.8, 4) is 146 Å². The Labute approximate surface area is 627 Å². The van der Waals surface area contributed by atoms with Crippen LogP contribution in [0.5, 0.6) is 0 Å². The van der Waals surface area contributed by atoms with Gasteiger partial charge in [0.05, 0.1) is 33.4 Å². The Bertz CT molecular complexity index is 5990. The molecule has 510 valence electrons. The van der Waals surface area contributed by atoms with Gasteiger partial charge in [0.2, 0.25) is 0 Å². The van der Waals surface area contributed by atoms with Gasteiger partial charge in [-0.25, -0.2) is 29.9 Å². The smallest absolute Gasteiger partial charge is 0.164 e. The van der Waals surface area contributed by atoms with Crippen molar-refractivity contribution < 1.29 is 0 Å². The van der Waals surface area contributed by atoms with Gasteiger partial charge in [-0.3, -0.25) is 0 Å². The van der Waals surface area contributed by atoms with Crippen LogP contribution in [0.2, 0.25) is 0 Å². The summed E-state index contributed by atoms with van der Waals surface area (Å²) in [6.07, 6.45) is 0. The van der Waals surface area contributed by atoms with Crippen molar-refractivity contribution in [1.82, 2.24) is 39.0 Å². The molecule has 0 fully saturated rings. The zero-order valence-corrected chi connectivity index (χ0v) is 60.1. The molecule has 0 aliphatic heterocycles. The molecule has 0 aliphatic rings. The molecule has 19 rings (SSSR count). The maximum Gasteiger partial charge on any atom is 0.164 e. The van der Waals surface area contributed by atoms with Crippen molar-refractivity contribution in [1.29, 1.82) is 0 Å². The summed E-state index contributed by atoms with van der Waals surface area (Å²) >= 11 is 0. The molecule has 0 N–H and O–H groups in total. The summed E-state index contributed by atoms with van der Waals surface area (Å²) in [7, 11) is 0. The predicted octanol–water partition coefficient (Wildman–Crippen LogP) is 25.5. The van der Waals surface area contributed by atoms with Gasteiger partial charge in [-0.05, 0) is 172 Å². The van der Waals surface area contributed by atoms with Crippen molar-refractivity contribution in [2.75, 3.05) is 0 Å². The van der Waals surface area contributed by atoms with Crippen LogP contribution in [-0.2, 0) is 0 Å². The Hall–Kier alpha value is -14.1. The number of aromatic nitrogens is 8. The average molecular weight is 1380 g/mol. The largest absolute Gasteiger partial charge is 0.309 e. The van der Waals surface area contributed by atoms with Crippen LogP contribution >= 0.6 is 0 Å². The molecular weight excluding hydrogens is 1310 g/mol. The van der Waals surface area contributed by atoms with Crippen molar-refractivity contribution in [2.24, 2.45) is 0 Å². The van der Waals surface area contributed by atoms with E-state index in [9.17, 15) is 0 Å². The van der Waals surface area contributed by atoms with E-state index in [4.69, 9.17) is 29.9 Å². The lowest BCUT2D eigenvalue weighted by Crippen LogP contribution is -2.05. The number of fused-ring (bicyclic) bond motifs is 6. The van der Waals surface area contributed by atoms with Crippen molar-refractivity contribution in [2.45, 2.75) is 27.7 Å². The molecule has 0 spiro atoms. The summed E-state index contributed by atoms with van der Waals surface area (Å²) in [6, 6.07) is 126. The lowest BCUT2D eigenvalue weighted by molar-refractivity contribution is 1.07. The highest BCUT2D eigenvalue weighted by atomic mass is 15.1. The molecule has 0 saturated carbocycles. The van der Waals surface area contributed by atoms with E-state index in [2.05, 4.69) is 316 Å². The first-order chi connectivity index (χ1) is 53.2. The molecule has 0 bridgehead atoms. The fourth-order valence-corrected chi connectivity index (χ4v) is 15.9. The van der Waals surface area contributed by atoms with E-state index in [1.807, 2.05) is 72.8 Å². The number of aryl methyl sites for hydroxylation is 4. The Kier molecular flexibility index (Phi) is 16.3. The SMILES string of the molecule is Cc1ccccc1-c1ccc2c(c1)c1cc(-c3ccccc3C)ccc1n2-c1cccc(-c2nc(-c3ccccc3)nc(-c3ccccc3)n2)c1-c1cccc(-c2c(-c3nc(-c4ccccc4)nc(-c4ccccc4)n3)cccc2-n2c3ccc(-c4ccccc4C)cc3c3cc(-c4ccccc4C)ccc32)c1. The monoisotopic (exact) mass is 1380 g/mol. The summed E-state index contributed by atoms with van der Waals surface area (Å²) in [4.78, 5) is 32.7. The van der Waals surface area contributed by atoms with Crippen LogP contribution in [0, 0.1) is 27.7 Å². The van der Waals surface area contributed by atoms with E-state index in [0.717, 1.165) is 133 Å². The molecule has 0 radical (unpaired) electrons. The van der Waals surface area contributed by atoms with E-state index in [1.165, 1.54) is 44.5 Å². The van der Waals surface area contributed by atoms with Gasteiger partial charge < -0.3 is 9.13 Å². The molecule has 0 amide bonds. The second kappa shape index (κ2) is 27.2. The van der Waals surface area contributed by atoms with Gasteiger partial charge in [0.1, 0.15) is 0 Å². The molecule has 8 nitrogen and oxygen atoms in total. The van der Waals surface area contributed by atoms with Gasteiger partial charge in [0.15, 0.2) is 34.9 Å². The normalized spacial score (nSPS) is 11.5. The molecule has 108 heavy (non-hydrogen) atoms. The van der Waals surface area contributed by atoms with E-state index < -0.39 is 0 Å². The second-order valence-electron chi connectivity index (χ2n) is 27.9. The Morgan fingerprint density at radius 1 is 0.176 bits per heavy atom. The van der Waals surface area contributed by atoms with Crippen molar-refractivity contribution >= 4 is 43.6 Å². The molecule has 8 heteroatoms. The fourth-order valence-electron chi connectivity index (χ4n) is 15.9. The first kappa shape index (κ1) is 64.7. The Morgan fingerprint density at radius 3 is 0.685 bits per heavy atom. The highest BCUT2D eigenvalue weighted by Crippen LogP contribution is 2.48. The number of hydrogen-bond donors (Lipinski definition) is 0. The average Bonchev–Trinajstić information content (AvgIpc) is 1.55. The molecule has 4 aromatic heterocycles. The highest BCUT2D eigenvalue weighted by Gasteiger charge is 2.27. The van der Waals surface area contributed by atoms with E-state index in [0.29, 0.717) is 34.9 Å². The number of benzene rings is 15. The first-order valence-corrected chi connectivity index (χ1v) is 36.7. The van der Waals surface area contributed by atoms with Gasteiger partial charge in [0.25, 0.3) is 0 Å². The Morgan fingerprint density at radius 2 is 0.407 bits per heavy atom. The zero-order chi connectivity index (χ0) is 72.3. The molecule has 4 heterocycles. The molecule has 0 aliphatic carbocycles. The highest BCUT2D eigenvalue weighted by molar-refractivity contribution is 6.14. The molecule has 19 aromatic rings. The van der Waals surface area contributed by atoms with Gasteiger partial charge in [-0.15, -0.1) is 0 Å². The Balaban J connectivity index is 0.920. The molecule has 0 saturated heterocycles. The third-order valence-corrected chi connectivity index (χ3v) is 21.2. The third-order valence-electron chi connectivity index (χ3n) is 21.2. The minimum absolute atomic E-state index is 0.531.